The zero-order valence-corrected chi connectivity index (χ0v) is 9.25. The van der Waals surface area contributed by atoms with Gasteiger partial charge in [0.05, 0.1) is 5.41 Å². The molecule has 2 amide bonds. The summed E-state index contributed by atoms with van der Waals surface area (Å²) in [4.78, 5) is 22.7. The van der Waals surface area contributed by atoms with Crippen molar-refractivity contribution < 1.29 is 9.59 Å². The number of primary amides is 1. The SMILES string of the molecule is CC(NC(=O)C1(C)CCCC1N)C(N)=O. The predicted octanol–water partition coefficient (Wildman–Crippen LogP) is -0.506. The molecule has 1 rings (SSSR count). The lowest BCUT2D eigenvalue weighted by Gasteiger charge is -2.28. The van der Waals surface area contributed by atoms with Crippen LogP contribution in [-0.2, 0) is 9.59 Å². The minimum atomic E-state index is -0.637. The van der Waals surface area contributed by atoms with Crippen LogP contribution in [0.1, 0.15) is 33.1 Å². The molecule has 3 atom stereocenters. The molecule has 5 heteroatoms. The second-order valence-electron chi connectivity index (χ2n) is 4.51. The Labute approximate surface area is 89.6 Å². The maximum Gasteiger partial charge on any atom is 0.239 e. The van der Waals surface area contributed by atoms with Crippen molar-refractivity contribution in [1.82, 2.24) is 5.32 Å². The van der Waals surface area contributed by atoms with Crippen LogP contribution in [0.2, 0.25) is 0 Å². The summed E-state index contributed by atoms with van der Waals surface area (Å²) >= 11 is 0. The molecule has 1 aliphatic carbocycles. The van der Waals surface area contributed by atoms with Crippen LogP contribution in [0.3, 0.4) is 0 Å². The Balaban J connectivity index is 2.64. The summed E-state index contributed by atoms with van der Waals surface area (Å²) in [6.45, 7) is 3.41. The number of nitrogens with one attached hydrogen (secondary N) is 1. The second-order valence-corrected chi connectivity index (χ2v) is 4.51. The van der Waals surface area contributed by atoms with Gasteiger partial charge in [0.25, 0.3) is 0 Å². The van der Waals surface area contributed by atoms with Crippen molar-refractivity contribution in [1.29, 1.82) is 0 Å². The lowest BCUT2D eigenvalue weighted by molar-refractivity contribution is -0.133. The molecule has 1 saturated carbocycles. The van der Waals surface area contributed by atoms with Crippen molar-refractivity contribution in [3.8, 4) is 0 Å². The van der Waals surface area contributed by atoms with Gasteiger partial charge in [0.15, 0.2) is 0 Å². The van der Waals surface area contributed by atoms with Crippen molar-refractivity contribution in [3.05, 3.63) is 0 Å². The van der Waals surface area contributed by atoms with Gasteiger partial charge in [-0.25, -0.2) is 0 Å². The second kappa shape index (κ2) is 4.18. The largest absolute Gasteiger partial charge is 0.368 e. The molecule has 3 unspecified atom stereocenters. The van der Waals surface area contributed by atoms with Crippen LogP contribution in [0.5, 0.6) is 0 Å². The molecule has 5 N–H and O–H groups in total. The van der Waals surface area contributed by atoms with Gasteiger partial charge in [-0.3, -0.25) is 9.59 Å². The topological polar surface area (TPSA) is 98.2 Å². The molecule has 0 saturated heterocycles. The first-order chi connectivity index (χ1) is 6.88. The Morgan fingerprint density at radius 1 is 1.53 bits per heavy atom. The fourth-order valence-electron chi connectivity index (χ4n) is 1.91. The summed E-state index contributed by atoms with van der Waals surface area (Å²) < 4.78 is 0. The summed E-state index contributed by atoms with van der Waals surface area (Å²) in [7, 11) is 0. The van der Waals surface area contributed by atoms with E-state index in [1.54, 1.807) is 6.92 Å². The van der Waals surface area contributed by atoms with E-state index in [2.05, 4.69) is 5.32 Å². The van der Waals surface area contributed by atoms with E-state index in [0.29, 0.717) is 0 Å². The monoisotopic (exact) mass is 213 g/mol. The van der Waals surface area contributed by atoms with Crippen molar-refractivity contribution in [2.45, 2.75) is 45.2 Å². The molecule has 0 aromatic heterocycles. The Bertz CT molecular complexity index is 280. The molecule has 0 bridgehead atoms. The van der Waals surface area contributed by atoms with Crippen LogP contribution < -0.4 is 16.8 Å². The first-order valence-corrected chi connectivity index (χ1v) is 5.24. The van der Waals surface area contributed by atoms with E-state index in [9.17, 15) is 9.59 Å². The molecule has 1 fully saturated rings. The highest BCUT2D eigenvalue weighted by Gasteiger charge is 2.43. The maximum atomic E-state index is 11.9. The first-order valence-electron chi connectivity index (χ1n) is 5.24. The third-order valence-electron chi connectivity index (χ3n) is 3.32. The molecule has 0 aliphatic heterocycles. The van der Waals surface area contributed by atoms with Crippen LogP contribution in [-0.4, -0.2) is 23.9 Å². The van der Waals surface area contributed by atoms with E-state index in [-0.39, 0.29) is 11.9 Å². The standard InChI is InChI=1S/C10H19N3O2/c1-6(8(12)14)13-9(15)10(2)5-3-4-7(10)11/h6-7H,3-5,11H2,1-2H3,(H2,12,14)(H,13,15). The summed E-state index contributed by atoms with van der Waals surface area (Å²) in [6.07, 6.45) is 2.58. The molecule has 0 aromatic rings. The van der Waals surface area contributed by atoms with Gasteiger partial charge < -0.3 is 16.8 Å². The van der Waals surface area contributed by atoms with Crippen LogP contribution in [0.25, 0.3) is 0 Å². The zero-order valence-electron chi connectivity index (χ0n) is 9.25. The van der Waals surface area contributed by atoms with Crippen molar-refractivity contribution >= 4 is 11.8 Å². The van der Waals surface area contributed by atoms with Crippen molar-refractivity contribution in [3.63, 3.8) is 0 Å². The first kappa shape index (κ1) is 12.0. The molecule has 15 heavy (non-hydrogen) atoms. The minimum absolute atomic E-state index is 0.127. The van der Waals surface area contributed by atoms with Gasteiger partial charge in [-0.15, -0.1) is 0 Å². The molecular weight excluding hydrogens is 194 g/mol. The molecular formula is C10H19N3O2. The summed E-state index contributed by atoms with van der Waals surface area (Å²) in [6, 6.07) is -0.764. The molecule has 0 radical (unpaired) electrons. The number of amides is 2. The highest BCUT2D eigenvalue weighted by molar-refractivity contribution is 5.89. The number of hydrogen-bond donors (Lipinski definition) is 3. The van der Waals surface area contributed by atoms with E-state index in [1.165, 1.54) is 0 Å². The van der Waals surface area contributed by atoms with E-state index in [0.717, 1.165) is 19.3 Å². The minimum Gasteiger partial charge on any atom is -0.368 e. The predicted molar refractivity (Wildman–Crippen MR) is 56.7 cm³/mol. The zero-order chi connectivity index (χ0) is 11.6. The van der Waals surface area contributed by atoms with Crippen molar-refractivity contribution in [2.24, 2.45) is 16.9 Å². The van der Waals surface area contributed by atoms with E-state index >= 15 is 0 Å². The van der Waals surface area contributed by atoms with Crippen LogP contribution in [0.15, 0.2) is 0 Å². The van der Waals surface area contributed by atoms with Gasteiger partial charge in [0.2, 0.25) is 11.8 Å². The van der Waals surface area contributed by atoms with E-state index < -0.39 is 17.4 Å². The molecule has 1 aliphatic rings. The third kappa shape index (κ3) is 2.28. The molecule has 0 heterocycles. The highest BCUT2D eigenvalue weighted by atomic mass is 16.2. The molecule has 86 valence electrons. The number of nitrogens with two attached hydrogens (primary N) is 2. The van der Waals surface area contributed by atoms with Gasteiger partial charge in [-0.1, -0.05) is 6.42 Å². The quantitative estimate of drug-likeness (QED) is 0.589. The number of carbonyl (C=O) groups is 2. The summed E-state index contributed by atoms with van der Waals surface area (Å²) in [5.74, 6) is -0.697. The average Bonchev–Trinajstić information content (AvgIpc) is 2.48. The number of rotatable bonds is 3. The van der Waals surface area contributed by atoms with Crippen LogP contribution >= 0.6 is 0 Å². The van der Waals surface area contributed by atoms with Crippen molar-refractivity contribution in [2.75, 3.05) is 0 Å². The van der Waals surface area contributed by atoms with Gasteiger partial charge in [-0.2, -0.15) is 0 Å². The Morgan fingerprint density at radius 3 is 2.53 bits per heavy atom. The molecule has 0 aromatic carbocycles. The fraction of sp³-hybridized carbons (Fsp3) is 0.800. The lowest BCUT2D eigenvalue weighted by Crippen LogP contribution is -2.52. The van der Waals surface area contributed by atoms with Gasteiger partial charge in [-0.05, 0) is 26.7 Å². The number of carbonyl (C=O) groups excluding carboxylic acids is 2. The summed E-state index contributed by atoms with van der Waals surface area (Å²) in [5.41, 5.74) is 10.4. The molecule has 5 nitrogen and oxygen atoms in total. The van der Waals surface area contributed by atoms with Gasteiger partial charge in [0, 0.05) is 6.04 Å². The lowest BCUT2D eigenvalue weighted by atomic mass is 9.84. The maximum absolute atomic E-state index is 11.9. The molecule has 0 spiro atoms. The Morgan fingerprint density at radius 2 is 2.13 bits per heavy atom. The van der Waals surface area contributed by atoms with Gasteiger partial charge in [0.1, 0.15) is 6.04 Å². The Kier molecular flexibility index (Phi) is 3.34. The van der Waals surface area contributed by atoms with Crippen LogP contribution in [0, 0.1) is 5.41 Å². The fourth-order valence-corrected chi connectivity index (χ4v) is 1.91. The normalized spacial score (nSPS) is 32.3. The third-order valence-corrected chi connectivity index (χ3v) is 3.32. The average molecular weight is 213 g/mol. The van der Waals surface area contributed by atoms with Gasteiger partial charge >= 0.3 is 0 Å². The Hall–Kier alpha value is -1.10. The highest BCUT2D eigenvalue weighted by Crippen LogP contribution is 2.36. The van der Waals surface area contributed by atoms with Crippen LogP contribution in [0.4, 0.5) is 0 Å². The van der Waals surface area contributed by atoms with E-state index in [1.807, 2.05) is 6.92 Å². The number of hydrogen-bond acceptors (Lipinski definition) is 3. The summed E-state index contributed by atoms with van der Waals surface area (Å²) in [5, 5.41) is 2.60. The smallest absolute Gasteiger partial charge is 0.239 e. The van der Waals surface area contributed by atoms with E-state index in [4.69, 9.17) is 11.5 Å².